The van der Waals surface area contributed by atoms with E-state index in [0.29, 0.717) is 33.3 Å². The van der Waals surface area contributed by atoms with Gasteiger partial charge in [0.05, 0.1) is 11.0 Å². The number of H-pyrrole nitrogens is 1. The van der Waals surface area contributed by atoms with E-state index in [1.807, 2.05) is 24.3 Å². The number of hydrogen-bond donors (Lipinski definition) is 2. The van der Waals surface area contributed by atoms with Crippen molar-refractivity contribution in [3.63, 3.8) is 0 Å². The molecule has 0 spiro atoms. The lowest BCUT2D eigenvalue weighted by molar-refractivity contribution is 0.701. The van der Waals surface area contributed by atoms with Crippen LogP contribution < -0.4 is 5.73 Å². The highest BCUT2D eigenvalue weighted by Gasteiger charge is 2.14. The van der Waals surface area contributed by atoms with Gasteiger partial charge in [0.1, 0.15) is 21.9 Å². The predicted octanol–water partition coefficient (Wildman–Crippen LogP) is 0.497. The lowest BCUT2D eigenvalue weighted by Gasteiger charge is -2.02. The van der Waals surface area contributed by atoms with Crippen LogP contribution in [0.5, 0.6) is 0 Å². The first-order valence-corrected chi connectivity index (χ1v) is 6.36. The zero-order chi connectivity index (χ0) is 13.2. The molecule has 5 N–H and O–H groups in total. The Balaban J connectivity index is 0.00000147. The van der Waals surface area contributed by atoms with Crippen LogP contribution in [-0.4, -0.2) is 29.5 Å². The molecule has 7 heteroatoms. The second kappa shape index (κ2) is 5.64. The second-order valence-corrected chi connectivity index (χ2v) is 4.53. The average Bonchev–Trinajstić information content (AvgIpc) is 2.85. The van der Waals surface area contributed by atoms with Crippen LogP contribution in [0.3, 0.4) is 0 Å². The summed E-state index contributed by atoms with van der Waals surface area (Å²) in [5.41, 5.74) is 8.09. The van der Waals surface area contributed by atoms with Gasteiger partial charge in [0.2, 0.25) is 0 Å². The number of pyridine rings is 1. The van der Waals surface area contributed by atoms with Gasteiger partial charge < -0.3 is 16.2 Å². The summed E-state index contributed by atoms with van der Waals surface area (Å²) in [5, 5.41) is 0. The van der Waals surface area contributed by atoms with Gasteiger partial charge in [-0.05, 0) is 24.3 Å². The molecule has 0 aliphatic heterocycles. The fourth-order valence-corrected chi connectivity index (χ4v) is 2.32. The van der Waals surface area contributed by atoms with Crippen LogP contribution >= 0.6 is 0 Å². The first kappa shape index (κ1) is 13.9. The molecule has 0 amide bonds. The molecule has 3 rings (SSSR count). The molecule has 6 nitrogen and oxygen atoms in total. The molecule has 0 fully saturated rings. The Morgan fingerprint density at radius 3 is 2.70 bits per heavy atom. The monoisotopic (exact) mass is 288 g/mol. The SMILES string of the molecule is Nc1ncccc1C(=S=O)c1nc2ccccc2[nH]1.O. The smallest absolute Gasteiger partial charge is 0.152 e. The zero-order valence-electron chi connectivity index (χ0n) is 10.3. The summed E-state index contributed by atoms with van der Waals surface area (Å²) in [5.74, 6) is 0.835. The minimum absolute atomic E-state index is 0. The number of nitrogens with two attached hydrogens (primary N) is 1. The van der Waals surface area contributed by atoms with Crippen LogP contribution in [0.2, 0.25) is 0 Å². The Morgan fingerprint density at radius 1 is 1.20 bits per heavy atom. The minimum atomic E-state index is 0. The number of rotatable bonds is 2. The summed E-state index contributed by atoms with van der Waals surface area (Å²) >= 11 is 0.358. The van der Waals surface area contributed by atoms with Crippen LogP contribution in [0.15, 0.2) is 42.6 Å². The van der Waals surface area contributed by atoms with Gasteiger partial charge in [0.25, 0.3) is 0 Å². The number of hydrogen-bond acceptors (Lipinski definition) is 4. The number of nitrogen functional groups attached to an aromatic ring is 1. The van der Waals surface area contributed by atoms with Gasteiger partial charge in [-0.1, -0.05) is 12.1 Å². The summed E-state index contributed by atoms with van der Waals surface area (Å²) in [7, 11) is 0. The molecule has 2 aromatic heterocycles. The number of benzene rings is 1. The van der Waals surface area contributed by atoms with Crippen molar-refractivity contribution >= 4 is 33.0 Å². The summed E-state index contributed by atoms with van der Waals surface area (Å²) in [4.78, 5) is 12.0. The topological polar surface area (TPSA) is 116 Å². The van der Waals surface area contributed by atoms with Gasteiger partial charge in [-0.15, -0.1) is 0 Å². The Morgan fingerprint density at radius 2 is 2.00 bits per heavy atom. The molecule has 3 aromatic rings. The quantitative estimate of drug-likeness (QED) is 0.527. The lowest BCUT2D eigenvalue weighted by atomic mass is 10.2. The Kier molecular flexibility index (Phi) is 3.92. The van der Waals surface area contributed by atoms with Crippen molar-refractivity contribution < 1.29 is 9.69 Å². The van der Waals surface area contributed by atoms with E-state index in [9.17, 15) is 4.21 Å². The molecule has 0 saturated carbocycles. The molecule has 0 atom stereocenters. The Labute approximate surface area is 118 Å². The van der Waals surface area contributed by atoms with Gasteiger partial charge in [-0.3, -0.25) is 0 Å². The van der Waals surface area contributed by atoms with Crippen LogP contribution in [-0.2, 0) is 11.3 Å². The number of aromatic amines is 1. The number of nitrogens with zero attached hydrogens (tertiary/aromatic N) is 2. The normalized spacial score (nSPS) is 10.0. The first-order valence-electron chi connectivity index (χ1n) is 5.62. The molecule has 1 aromatic carbocycles. The van der Waals surface area contributed by atoms with Crippen molar-refractivity contribution in [2.75, 3.05) is 5.73 Å². The fraction of sp³-hybridized carbons (Fsp3) is 0. The van der Waals surface area contributed by atoms with Gasteiger partial charge in [-0.25, -0.2) is 14.2 Å². The molecular formula is C13H12N4O2S. The van der Waals surface area contributed by atoms with E-state index in [2.05, 4.69) is 15.0 Å². The largest absolute Gasteiger partial charge is 0.412 e. The van der Waals surface area contributed by atoms with Crippen molar-refractivity contribution in [1.82, 2.24) is 15.0 Å². The highest BCUT2D eigenvalue weighted by atomic mass is 32.1. The maximum atomic E-state index is 11.4. The average molecular weight is 288 g/mol. The maximum absolute atomic E-state index is 11.4. The Hall–Kier alpha value is -2.51. The van der Waals surface area contributed by atoms with Crippen molar-refractivity contribution in [3.05, 3.63) is 54.0 Å². The van der Waals surface area contributed by atoms with E-state index in [1.165, 1.54) is 0 Å². The molecule has 102 valence electrons. The molecule has 0 aliphatic rings. The number of nitrogens with one attached hydrogen (secondary N) is 1. The fourth-order valence-electron chi connectivity index (χ4n) is 1.88. The van der Waals surface area contributed by atoms with E-state index >= 15 is 0 Å². The van der Waals surface area contributed by atoms with Gasteiger partial charge in [0.15, 0.2) is 5.82 Å². The zero-order valence-corrected chi connectivity index (χ0v) is 11.1. The van der Waals surface area contributed by atoms with Crippen molar-refractivity contribution in [1.29, 1.82) is 0 Å². The molecule has 0 radical (unpaired) electrons. The second-order valence-electron chi connectivity index (χ2n) is 3.95. The van der Waals surface area contributed by atoms with Gasteiger partial charge in [0, 0.05) is 11.8 Å². The highest BCUT2D eigenvalue weighted by Crippen LogP contribution is 2.16. The number of aromatic nitrogens is 3. The number of fused-ring (bicyclic) bond motifs is 1. The van der Waals surface area contributed by atoms with Crippen molar-refractivity contribution in [2.45, 2.75) is 0 Å². The standard InChI is InChI=1S/C13H10N4OS.H2O/c14-12-8(4-3-7-15-12)11(19-18)13-16-9-5-1-2-6-10(9)17-13;/h1-7H,(H2,14,15)(H,16,17);1H2. The summed E-state index contributed by atoms with van der Waals surface area (Å²) in [6, 6.07) is 11.1. The van der Waals surface area contributed by atoms with Crippen LogP contribution in [0.1, 0.15) is 11.4 Å². The summed E-state index contributed by atoms with van der Waals surface area (Å²) in [6.45, 7) is 0. The molecule has 0 saturated heterocycles. The van der Waals surface area contributed by atoms with E-state index in [4.69, 9.17) is 5.73 Å². The van der Waals surface area contributed by atoms with Crippen molar-refractivity contribution in [3.8, 4) is 0 Å². The Bertz CT molecular complexity index is 776. The predicted molar refractivity (Wildman–Crippen MR) is 79.7 cm³/mol. The van der Waals surface area contributed by atoms with Crippen LogP contribution in [0.25, 0.3) is 11.0 Å². The molecule has 0 aliphatic carbocycles. The summed E-state index contributed by atoms with van der Waals surface area (Å²) < 4.78 is 11.4. The van der Waals surface area contributed by atoms with E-state index < -0.39 is 0 Å². The van der Waals surface area contributed by atoms with E-state index in [0.717, 1.165) is 11.0 Å². The minimum Gasteiger partial charge on any atom is -0.412 e. The summed E-state index contributed by atoms with van der Waals surface area (Å²) in [6.07, 6.45) is 1.59. The number of para-hydroxylation sites is 2. The molecular weight excluding hydrogens is 276 g/mol. The third-order valence-electron chi connectivity index (χ3n) is 2.77. The molecule has 20 heavy (non-hydrogen) atoms. The molecule has 0 bridgehead atoms. The van der Waals surface area contributed by atoms with E-state index in [-0.39, 0.29) is 5.48 Å². The number of anilines is 1. The third kappa shape index (κ3) is 2.31. The van der Waals surface area contributed by atoms with Crippen LogP contribution in [0.4, 0.5) is 5.82 Å². The number of imidazole rings is 1. The lowest BCUT2D eigenvalue weighted by Crippen LogP contribution is -2.09. The van der Waals surface area contributed by atoms with E-state index in [1.54, 1.807) is 18.3 Å². The highest BCUT2D eigenvalue weighted by molar-refractivity contribution is 7.67. The third-order valence-corrected chi connectivity index (χ3v) is 3.35. The van der Waals surface area contributed by atoms with Crippen LogP contribution in [0, 0.1) is 0 Å². The van der Waals surface area contributed by atoms with Crippen molar-refractivity contribution in [2.24, 2.45) is 0 Å². The first-order chi connectivity index (χ1) is 9.29. The maximum Gasteiger partial charge on any atom is 0.152 e. The molecule has 2 heterocycles. The van der Waals surface area contributed by atoms with Gasteiger partial charge in [-0.2, -0.15) is 0 Å². The van der Waals surface area contributed by atoms with Gasteiger partial charge >= 0.3 is 0 Å². The molecule has 0 unspecified atom stereocenters.